The van der Waals surface area contributed by atoms with Crippen LogP contribution in [0.4, 0.5) is 8.78 Å². The third-order valence-electron chi connectivity index (χ3n) is 4.24. The van der Waals surface area contributed by atoms with E-state index in [4.69, 9.17) is 28.9 Å². The summed E-state index contributed by atoms with van der Waals surface area (Å²) in [7, 11) is 0. The number of nitrogens with zero attached hydrogens (tertiary/aromatic N) is 2. The molecule has 2 amide bonds. The number of hydrogen-bond donors (Lipinski definition) is 1. The zero-order valence-electron chi connectivity index (χ0n) is 15.4. The predicted octanol–water partition coefficient (Wildman–Crippen LogP) is 4.61. The normalized spacial score (nSPS) is 10.7. The van der Waals surface area contributed by atoms with Gasteiger partial charge in [0.2, 0.25) is 0 Å². The number of hydrogen-bond acceptors (Lipinski definition) is 3. The van der Waals surface area contributed by atoms with Crippen molar-refractivity contribution in [3.05, 3.63) is 98.8 Å². The maximum Gasteiger partial charge on any atom is 0.267 e. The van der Waals surface area contributed by atoms with Gasteiger partial charge < -0.3 is 10.6 Å². The summed E-state index contributed by atoms with van der Waals surface area (Å²) in [6.45, 7) is 0.0553. The fourth-order valence-electron chi connectivity index (χ4n) is 2.82. The summed E-state index contributed by atoms with van der Waals surface area (Å²) in [5.74, 6) is -3.04. The summed E-state index contributed by atoms with van der Waals surface area (Å²) in [4.78, 5) is 29.5. The first-order chi connectivity index (χ1) is 14.2. The van der Waals surface area contributed by atoms with Crippen molar-refractivity contribution in [3.63, 3.8) is 0 Å². The molecule has 0 radical (unpaired) electrons. The van der Waals surface area contributed by atoms with Crippen LogP contribution in [0.2, 0.25) is 10.0 Å². The summed E-state index contributed by atoms with van der Waals surface area (Å²) in [5.41, 5.74) is 6.22. The van der Waals surface area contributed by atoms with Gasteiger partial charge in [-0.2, -0.15) is 0 Å². The van der Waals surface area contributed by atoms with E-state index in [1.807, 2.05) is 0 Å². The van der Waals surface area contributed by atoms with E-state index in [0.717, 1.165) is 12.1 Å². The number of carbonyl (C=O) groups excluding carboxylic acids is 2. The van der Waals surface area contributed by atoms with Crippen molar-refractivity contribution in [1.29, 1.82) is 0 Å². The van der Waals surface area contributed by atoms with E-state index in [2.05, 4.69) is 4.98 Å². The lowest BCUT2D eigenvalue weighted by molar-refractivity contribution is 0.0728. The van der Waals surface area contributed by atoms with Gasteiger partial charge in [-0.1, -0.05) is 41.4 Å². The zero-order valence-corrected chi connectivity index (χ0v) is 16.9. The molecule has 3 rings (SSSR count). The van der Waals surface area contributed by atoms with Crippen LogP contribution >= 0.6 is 23.2 Å². The van der Waals surface area contributed by atoms with Gasteiger partial charge in [-0.05, 0) is 35.4 Å². The first kappa shape index (κ1) is 21.7. The van der Waals surface area contributed by atoms with E-state index in [0.29, 0.717) is 22.2 Å². The number of rotatable bonds is 6. The summed E-state index contributed by atoms with van der Waals surface area (Å²) >= 11 is 12.3. The molecule has 0 spiro atoms. The van der Waals surface area contributed by atoms with Crippen molar-refractivity contribution in [2.75, 3.05) is 0 Å². The Morgan fingerprint density at radius 3 is 2.30 bits per heavy atom. The quantitative estimate of drug-likeness (QED) is 0.596. The van der Waals surface area contributed by atoms with Crippen LogP contribution in [0.3, 0.4) is 0 Å². The monoisotopic (exact) mass is 449 g/mol. The molecule has 0 bridgehead atoms. The van der Waals surface area contributed by atoms with Gasteiger partial charge in [0, 0.05) is 30.9 Å². The number of pyridine rings is 1. The number of halogens is 4. The van der Waals surface area contributed by atoms with Crippen molar-refractivity contribution < 1.29 is 18.4 Å². The van der Waals surface area contributed by atoms with Crippen molar-refractivity contribution in [1.82, 2.24) is 9.88 Å². The average Bonchev–Trinajstić information content (AvgIpc) is 2.70. The Morgan fingerprint density at radius 1 is 1.00 bits per heavy atom. The van der Waals surface area contributed by atoms with E-state index < -0.39 is 23.4 Å². The smallest absolute Gasteiger partial charge is 0.267 e. The first-order valence-electron chi connectivity index (χ1n) is 8.67. The van der Waals surface area contributed by atoms with Crippen LogP contribution in [0.15, 0.2) is 54.7 Å². The van der Waals surface area contributed by atoms with E-state index in [-0.39, 0.29) is 29.4 Å². The van der Waals surface area contributed by atoms with Gasteiger partial charge in [0.05, 0.1) is 10.0 Å². The van der Waals surface area contributed by atoms with E-state index >= 15 is 0 Å². The maximum absolute atomic E-state index is 13.6. The molecule has 0 unspecified atom stereocenters. The summed E-state index contributed by atoms with van der Waals surface area (Å²) in [6, 6.07) is 10.6. The number of carbonyl (C=O) groups is 2. The molecule has 2 N–H and O–H groups in total. The Kier molecular flexibility index (Phi) is 6.64. The summed E-state index contributed by atoms with van der Waals surface area (Å²) in [5, 5.41) is 0.579. The molecule has 154 valence electrons. The van der Waals surface area contributed by atoms with Gasteiger partial charge in [-0.3, -0.25) is 14.6 Å². The van der Waals surface area contributed by atoms with E-state index in [1.54, 1.807) is 24.3 Å². The van der Waals surface area contributed by atoms with Gasteiger partial charge in [0.1, 0.15) is 17.3 Å². The fourth-order valence-corrected chi connectivity index (χ4v) is 3.20. The minimum atomic E-state index is -0.869. The van der Waals surface area contributed by atoms with Crippen molar-refractivity contribution in [2.45, 2.75) is 13.1 Å². The molecule has 0 atom stereocenters. The lowest BCUT2D eigenvalue weighted by Gasteiger charge is -2.24. The maximum atomic E-state index is 13.6. The van der Waals surface area contributed by atoms with Crippen LogP contribution < -0.4 is 5.73 Å². The molecule has 0 fully saturated rings. The molecule has 0 saturated heterocycles. The lowest BCUT2D eigenvalue weighted by atomic mass is 10.1. The second-order valence-corrected chi connectivity index (χ2v) is 7.23. The Hall–Kier alpha value is -3.03. The highest BCUT2D eigenvalue weighted by atomic mass is 35.5. The molecule has 1 heterocycles. The van der Waals surface area contributed by atoms with E-state index in [1.165, 1.54) is 17.2 Å². The Bertz CT molecular complexity index is 1090. The second kappa shape index (κ2) is 9.19. The Labute approximate surface area is 181 Å². The highest BCUT2D eigenvalue weighted by Crippen LogP contribution is 2.27. The summed E-state index contributed by atoms with van der Waals surface area (Å²) in [6.07, 6.45) is 1.39. The van der Waals surface area contributed by atoms with Gasteiger partial charge in [0.15, 0.2) is 0 Å². The van der Waals surface area contributed by atoms with Crippen LogP contribution in [0.25, 0.3) is 0 Å². The number of amides is 2. The molecule has 3 aromatic rings. The molecule has 1 aromatic heterocycles. The second-order valence-electron chi connectivity index (χ2n) is 6.45. The molecule has 9 heteroatoms. The van der Waals surface area contributed by atoms with Crippen LogP contribution in [-0.4, -0.2) is 21.7 Å². The van der Waals surface area contributed by atoms with E-state index in [9.17, 15) is 18.4 Å². The number of primary amides is 1. The molecule has 0 aliphatic carbocycles. The average molecular weight is 450 g/mol. The largest absolute Gasteiger partial charge is 0.364 e. The highest BCUT2D eigenvalue weighted by Gasteiger charge is 2.20. The molecule has 5 nitrogen and oxygen atoms in total. The minimum absolute atomic E-state index is 0.0218. The molecular formula is C21H15Cl2F2N3O2. The van der Waals surface area contributed by atoms with Gasteiger partial charge in [-0.15, -0.1) is 0 Å². The SMILES string of the molecule is NC(=O)c1ccc(CN(Cc2cccc(Cl)c2Cl)C(=O)c2cc(F)cc(F)c2)cn1. The highest BCUT2D eigenvalue weighted by molar-refractivity contribution is 6.42. The zero-order chi connectivity index (χ0) is 21.8. The Morgan fingerprint density at radius 2 is 1.70 bits per heavy atom. The number of nitrogens with two attached hydrogens (primary N) is 1. The standard InChI is InChI=1S/C21H15Cl2F2N3O2/c22-17-3-1-2-13(19(17)23)11-28(10-12-4-5-18(20(26)29)27-9-12)21(30)14-6-15(24)8-16(25)7-14/h1-9H,10-11H2,(H2,26,29). The van der Waals surface area contributed by atoms with Crippen LogP contribution in [-0.2, 0) is 13.1 Å². The molecule has 0 saturated carbocycles. The molecule has 30 heavy (non-hydrogen) atoms. The van der Waals surface area contributed by atoms with Crippen molar-refractivity contribution >= 4 is 35.0 Å². The van der Waals surface area contributed by atoms with Crippen LogP contribution in [0.5, 0.6) is 0 Å². The predicted molar refractivity (Wildman–Crippen MR) is 109 cm³/mol. The Balaban J connectivity index is 1.95. The molecule has 0 aliphatic heterocycles. The summed E-state index contributed by atoms with van der Waals surface area (Å²) < 4.78 is 27.3. The van der Waals surface area contributed by atoms with Crippen molar-refractivity contribution in [2.24, 2.45) is 5.73 Å². The van der Waals surface area contributed by atoms with Gasteiger partial charge in [-0.25, -0.2) is 8.78 Å². The third-order valence-corrected chi connectivity index (χ3v) is 5.10. The minimum Gasteiger partial charge on any atom is -0.364 e. The lowest BCUT2D eigenvalue weighted by Crippen LogP contribution is -2.30. The molecule has 0 aliphatic rings. The molecule has 2 aromatic carbocycles. The topological polar surface area (TPSA) is 76.3 Å². The van der Waals surface area contributed by atoms with Crippen molar-refractivity contribution in [3.8, 4) is 0 Å². The molecular weight excluding hydrogens is 435 g/mol. The number of aromatic nitrogens is 1. The first-order valence-corrected chi connectivity index (χ1v) is 9.43. The van der Waals surface area contributed by atoms with Gasteiger partial charge in [0.25, 0.3) is 11.8 Å². The van der Waals surface area contributed by atoms with Crippen LogP contribution in [0, 0.1) is 11.6 Å². The van der Waals surface area contributed by atoms with Crippen LogP contribution in [0.1, 0.15) is 32.0 Å². The van der Waals surface area contributed by atoms with Gasteiger partial charge >= 0.3 is 0 Å². The number of benzene rings is 2. The third kappa shape index (κ3) is 5.11. The fraction of sp³-hybridized carbons (Fsp3) is 0.0952.